The summed E-state index contributed by atoms with van der Waals surface area (Å²) in [6, 6.07) is 5.59. The third kappa shape index (κ3) is 8.19. The lowest BCUT2D eigenvalue weighted by Crippen LogP contribution is -2.55. The zero-order chi connectivity index (χ0) is 29.0. The molecule has 1 aliphatic heterocycles. The number of nitrogens with zero attached hydrogens (tertiary/aromatic N) is 5. The van der Waals surface area contributed by atoms with Crippen molar-refractivity contribution in [3.05, 3.63) is 41.7 Å². The van der Waals surface area contributed by atoms with E-state index in [1.54, 1.807) is 49.1 Å². The Bertz CT molecular complexity index is 1170. The summed E-state index contributed by atoms with van der Waals surface area (Å²) >= 11 is 0. The Balaban J connectivity index is 1.96. The minimum atomic E-state index is -0.666. The number of likely N-dealkylation sites (tertiary alicyclic amines) is 1. The lowest BCUT2D eigenvalue weighted by atomic mass is 9.93. The predicted octanol–water partition coefficient (Wildman–Crippen LogP) is 5.23. The van der Waals surface area contributed by atoms with Crippen LogP contribution in [-0.2, 0) is 16.7 Å². The molecule has 10 heteroatoms. The summed E-state index contributed by atoms with van der Waals surface area (Å²) in [6.45, 7) is 16.9. The molecule has 3 rings (SSSR count). The van der Waals surface area contributed by atoms with Gasteiger partial charge in [-0.05, 0) is 45.2 Å². The van der Waals surface area contributed by atoms with Crippen LogP contribution in [0.1, 0.15) is 83.8 Å². The van der Waals surface area contributed by atoms with Crippen molar-refractivity contribution in [1.82, 2.24) is 19.8 Å². The number of hydrogen-bond acceptors (Lipinski definition) is 8. The SMILES string of the molecule is CC(C)CN(C(=O)c1cnc(C(C)(C)C)nc1NCc1ccco1)C1CC(C#N)CN(C(=O)OC(C)(C)C)C1. The van der Waals surface area contributed by atoms with Crippen molar-refractivity contribution < 1.29 is 18.7 Å². The second-order valence-corrected chi connectivity index (χ2v) is 12.6. The van der Waals surface area contributed by atoms with Gasteiger partial charge in [-0.15, -0.1) is 0 Å². The van der Waals surface area contributed by atoms with Crippen LogP contribution in [0.15, 0.2) is 29.0 Å². The van der Waals surface area contributed by atoms with Crippen LogP contribution in [-0.4, -0.2) is 63.0 Å². The quantitative estimate of drug-likeness (QED) is 0.508. The summed E-state index contributed by atoms with van der Waals surface area (Å²) in [4.78, 5) is 39.7. The van der Waals surface area contributed by atoms with Crippen molar-refractivity contribution in [2.45, 2.75) is 85.4 Å². The van der Waals surface area contributed by atoms with Gasteiger partial charge in [0.15, 0.2) is 0 Å². The highest BCUT2D eigenvalue weighted by Gasteiger charge is 2.38. The van der Waals surface area contributed by atoms with E-state index in [0.29, 0.717) is 42.5 Å². The van der Waals surface area contributed by atoms with Crippen LogP contribution < -0.4 is 5.32 Å². The lowest BCUT2D eigenvalue weighted by molar-refractivity contribution is 0.00497. The molecule has 2 aromatic rings. The fraction of sp³-hybridized carbons (Fsp3) is 0.621. The van der Waals surface area contributed by atoms with Crippen molar-refractivity contribution in [3.63, 3.8) is 0 Å². The summed E-state index contributed by atoms with van der Waals surface area (Å²) in [5.41, 5.74) is -0.657. The predicted molar refractivity (Wildman–Crippen MR) is 148 cm³/mol. The molecule has 10 nitrogen and oxygen atoms in total. The van der Waals surface area contributed by atoms with E-state index in [-0.39, 0.29) is 36.4 Å². The Hall–Kier alpha value is -3.61. The Kier molecular flexibility index (Phi) is 9.26. The first-order chi connectivity index (χ1) is 18.2. The third-order valence-corrected chi connectivity index (χ3v) is 6.23. The topological polar surface area (TPSA) is 125 Å². The molecule has 0 radical (unpaired) electrons. The first kappa shape index (κ1) is 29.9. The van der Waals surface area contributed by atoms with Gasteiger partial charge in [-0.3, -0.25) is 4.79 Å². The van der Waals surface area contributed by atoms with Crippen LogP contribution in [0.3, 0.4) is 0 Å². The van der Waals surface area contributed by atoms with Crippen molar-refractivity contribution in [1.29, 1.82) is 5.26 Å². The number of carbonyl (C=O) groups excluding carboxylic acids is 2. The fourth-order valence-electron chi connectivity index (χ4n) is 4.43. The number of furan rings is 1. The molecule has 2 amide bonds. The molecule has 3 heterocycles. The number of nitrogens with one attached hydrogen (secondary N) is 1. The largest absolute Gasteiger partial charge is 0.467 e. The molecule has 2 unspecified atom stereocenters. The van der Waals surface area contributed by atoms with E-state index < -0.39 is 17.6 Å². The number of anilines is 1. The average molecular weight is 539 g/mol. The monoisotopic (exact) mass is 538 g/mol. The first-order valence-corrected chi connectivity index (χ1v) is 13.5. The minimum absolute atomic E-state index is 0.153. The molecule has 39 heavy (non-hydrogen) atoms. The lowest BCUT2D eigenvalue weighted by Gasteiger charge is -2.42. The molecule has 0 aliphatic carbocycles. The van der Waals surface area contributed by atoms with Crippen molar-refractivity contribution in [3.8, 4) is 6.07 Å². The highest BCUT2D eigenvalue weighted by molar-refractivity contribution is 5.98. The Labute approximate surface area is 231 Å². The van der Waals surface area contributed by atoms with Crippen LogP contribution in [0.5, 0.6) is 0 Å². The van der Waals surface area contributed by atoms with E-state index in [1.807, 2.05) is 40.7 Å². The van der Waals surface area contributed by atoms with Crippen LogP contribution in [0.4, 0.5) is 10.6 Å². The number of aromatic nitrogens is 2. The number of ether oxygens (including phenoxy) is 1. The van der Waals surface area contributed by atoms with Gasteiger partial charge in [0.25, 0.3) is 5.91 Å². The van der Waals surface area contributed by atoms with Gasteiger partial charge in [-0.1, -0.05) is 34.6 Å². The fourth-order valence-corrected chi connectivity index (χ4v) is 4.43. The zero-order valence-electron chi connectivity index (χ0n) is 24.4. The second kappa shape index (κ2) is 12.1. The van der Waals surface area contributed by atoms with Gasteiger partial charge in [-0.25, -0.2) is 14.8 Å². The molecule has 0 aromatic carbocycles. The summed E-state index contributed by atoms with van der Waals surface area (Å²) < 4.78 is 11.1. The van der Waals surface area contributed by atoms with Crippen LogP contribution >= 0.6 is 0 Å². The molecule has 0 spiro atoms. The number of amides is 2. The van der Waals surface area contributed by atoms with Crippen molar-refractivity contribution in [2.75, 3.05) is 25.0 Å². The highest BCUT2D eigenvalue weighted by atomic mass is 16.6. The van der Waals surface area contributed by atoms with Gasteiger partial charge in [0.05, 0.1) is 30.8 Å². The molecular weight excluding hydrogens is 496 g/mol. The molecule has 1 aliphatic rings. The van der Waals surface area contributed by atoms with Gasteiger partial charge in [0.1, 0.15) is 28.6 Å². The molecule has 1 saturated heterocycles. The average Bonchev–Trinajstić information content (AvgIpc) is 3.37. The molecule has 0 bridgehead atoms. The highest BCUT2D eigenvalue weighted by Crippen LogP contribution is 2.28. The molecule has 0 saturated carbocycles. The van der Waals surface area contributed by atoms with E-state index in [9.17, 15) is 14.9 Å². The summed E-state index contributed by atoms with van der Waals surface area (Å²) in [6.07, 6.45) is 3.15. The van der Waals surface area contributed by atoms with E-state index >= 15 is 0 Å². The molecule has 212 valence electrons. The van der Waals surface area contributed by atoms with E-state index in [4.69, 9.17) is 14.1 Å². The maximum atomic E-state index is 14.2. The van der Waals surface area contributed by atoms with Gasteiger partial charge in [-0.2, -0.15) is 5.26 Å². The summed E-state index contributed by atoms with van der Waals surface area (Å²) in [5, 5.41) is 13.1. The molecular formula is C29H42N6O4. The van der Waals surface area contributed by atoms with Gasteiger partial charge >= 0.3 is 6.09 Å². The Morgan fingerprint density at radius 2 is 1.97 bits per heavy atom. The zero-order valence-corrected chi connectivity index (χ0v) is 24.4. The summed E-state index contributed by atoms with van der Waals surface area (Å²) in [7, 11) is 0. The van der Waals surface area contributed by atoms with Crippen molar-refractivity contribution >= 4 is 17.8 Å². The smallest absolute Gasteiger partial charge is 0.410 e. The number of nitriles is 1. The molecule has 1 fully saturated rings. The maximum Gasteiger partial charge on any atom is 0.410 e. The minimum Gasteiger partial charge on any atom is -0.467 e. The molecule has 1 N–H and O–H groups in total. The number of piperidine rings is 1. The summed E-state index contributed by atoms with van der Waals surface area (Å²) in [5.74, 6) is 1.21. The van der Waals surface area contributed by atoms with Gasteiger partial charge in [0, 0.05) is 31.2 Å². The number of carbonyl (C=O) groups is 2. The number of rotatable bonds is 7. The van der Waals surface area contributed by atoms with Crippen molar-refractivity contribution in [2.24, 2.45) is 11.8 Å². The van der Waals surface area contributed by atoms with E-state index in [1.165, 1.54) is 0 Å². The first-order valence-electron chi connectivity index (χ1n) is 13.5. The normalized spacial score (nSPS) is 18.0. The third-order valence-electron chi connectivity index (χ3n) is 6.23. The van der Waals surface area contributed by atoms with E-state index in [0.717, 1.165) is 0 Å². The Morgan fingerprint density at radius 1 is 1.26 bits per heavy atom. The standard InChI is InChI=1S/C29H42N6O4/c1-19(2)16-35(21-12-20(13-30)17-34(18-21)27(37)39-29(6,7)8)25(36)23-15-32-26(28(3,4)5)33-24(23)31-14-22-10-9-11-38-22/h9-11,15,19-21H,12,14,16-18H2,1-8H3,(H,31,32,33). The molecule has 2 atom stereocenters. The van der Waals surface area contributed by atoms with Gasteiger partial charge in [0.2, 0.25) is 0 Å². The molecule has 2 aromatic heterocycles. The van der Waals surface area contributed by atoms with Crippen LogP contribution in [0.2, 0.25) is 0 Å². The number of hydrogen-bond donors (Lipinski definition) is 1. The van der Waals surface area contributed by atoms with Gasteiger partial charge < -0.3 is 24.3 Å². The maximum absolute atomic E-state index is 14.2. The second-order valence-electron chi connectivity index (χ2n) is 12.6. The van der Waals surface area contributed by atoms with E-state index in [2.05, 4.69) is 16.4 Å². The van der Waals surface area contributed by atoms with Crippen LogP contribution in [0.25, 0.3) is 0 Å². The Morgan fingerprint density at radius 3 is 2.54 bits per heavy atom. The van der Waals surface area contributed by atoms with Crippen LogP contribution in [0, 0.1) is 23.2 Å².